The molecule has 0 radical (unpaired) electrons. The molecule has 0 N–H and O–H groups in total. The van der Waals surface area contributed by atoms with Crippen LogP contribution in [0.15, 0.2) is 54.9 Å². The summed E-state index contributed by atoms with van der Waals surface area (Å²) in [6, 6.07) is 15.0. The van der Waals surface area contributed by atoms with Crippen LogP contribution in [0.2, 0.25) is 0 Å². The zero-order valence-electron chi connectivity index (χ0n) is 14.2. The number of benzene rings is 1. The van der Waals surface area contributed by atoms with Gasteiger partial charge >= 0.3 is 0 Å². The molecule has 0 amide bonds. The third kappa shape index (κ3) is 3.55. The summed E-state index contributed by atoms with van der Waals surface area (Å²) in [4.78, 5) is 6.55. The summed E-state index contributed by atoms with van der Waals surface area (Å²) in [6.45, 7) is 1.61. The number of hydrogen-bond donors (Lipinski definition) is 0. The SMILES string of the molecule is Cn1c(-c2ccccc2)nn(CN(Cc2ccncc2)C2CC2)c1=S. The number of rotatable bonds is 6. The predicted octanol–water partition coefficient (Wildman–Crippen LogP) is 3.64. The van der Waals surface area contributed by atoms with Gasteiger partial charge in [-0.25, -0.2) is 4.68 Å². The fourth-order valence-electron chi connectivity index (χ4n) is 3.05. The van der Waals surface area contributed by atoms with Crippen LogP contribution in [0, 0.1) is 4.77 Å². The van der Waals surface area contributed by atoms with Crippen LogP contribution in [-0.4, -0.2) is 30.3 Å². The van der Waals surface area contributed by atoms with Gasteiger partial charge in [-0.15, -0.1) is 0 Å². The maximum Gasteiger partial charge on any atom is 0.199 e. The second-order valence-electron chi connectivity index (χ2n) is 6.51. The van der Waals surface area contributed by atoms with E-state index in [9.17, 15) is 0 Å². The fourth-order valence-corrected chi connectivity index (χ4v) is 3.23. The van der Waals surface area contributed by atoms with Gasteiger partial charge in [-0.2, -0.15) is 5.10 Å². The molecule has 1 aromatic carbocycles. The van der Waals surface area contributed by atoms with Gasteiger partial charge in [0.1, 0.15) is 0 Å². The van der Waals surface area contributed by atoms with Crippen molar-refractivity contribution in [1.82, 2.24) is 24.2 Å². The second-order valence-corrected chi connectivity index (χ2v) is 6.87. The van der Waals surface area contributed by atoms with Crippen LogP contribution in [0.25, 0.3) is 11.4 Å². The van der Waals surface area contributed by atoms with Crippen molar-refractivity contribution >= 4 is 12.2 Å². The first-order valence-corrected chi connectivity index (χ1v) is 8.95. The number of hydrogen-bond acceptors (Lipinski definition) is 4. The Labute approximate surface area is 152 Å². The van der Waals surface area contributed by atoms with Crippen molar-refractivity contribution < 1.29 is 0 Å². The molecule has 128 valence electrons. The summed E-state index contributed by atoms with van der Waals surface area (Å²) in [5, 5.41) is 4.79. The summed E-state index contributed by atoms with van der Waals surface area (Å²) in [7, 11) is 1.98. The van der Waals surface area contributed by atoms with Gasteiger partial charge in [-0.3, -0.25) is 9.88 Å². The summed E-state index contributed by atoms with van der Waals surface area (Å²) >= 11 is 5.63. The molecule has 0 atom stereocenters. The molecule has 0 saturated heterocycles. The Balaban J connectivity index is 1.60. The molecule has 0 unspecified atom stereocenters. The van der Waals surface area contributed by atoms with Crippen molar-refractivity contribution in [1.29, 1.82) is 0 Å². The highest BCUT2D eigenvalue weighted by Gasteiger charge is 2.29. The van der Waals surface area contributed by atoms with Crippen LogP contribution in [0.5, 0.6) is 0 Å². The molecule has 5 nitrogen and oxygen atoms in total. The van der Waals surface area contributed by atoms with Crippen molar-refractivity contribution in [2.45, 2.75) is 32.1 Å². The zero-order chi connectivity index (χ0) is 17.2. The maximum absolute atomic E-state index is 5.63. The quantitative estimate of drug-likeness (QED) is 0.636. The molecule has 25 heavy (non-hydrogen) atoms. The summed E-state index contributed by atoms with van der Waals surface area (Å²) < 4.78 is 4.68. The maximum atomic E-state index is 5.63. The van der Waals surface area contributed by atoms with Crippen molar-refractivity contribution in [2.24, 2.45) is 7.05 Å². The number of pyridine rings is 1. The molecular weight excluding hydrogens is 330 g/mol. The Morgan fingerprint density at radius 1 is 1.12 bits per heavy atom. The van der Waals surface area contributed by atoms with Gasteiger partial charge in [0, 0.05) is 37.6 Å². The van der Waals surface area contributed by atoms with E-state index in [-0.39, 0.29) is 0 Å². The molecule has 2 aromatic heterocycles. The monoisotopic (exact) mass is 351 g/mol. The highest BCUT2D eigenvalue weighted by Crippen LogP contribution is 2.29. The van der Waals surface area contributed by atoms with E-state index in [4.69, 9.17) is 17.3 Å². The molecule has 1 saturated carbocycles. The first-order chi connectivity index (χ1) is 12.2. The Kier molecular flexibility index (Phi) is 4.46. The van der Waals surface area contributed by atoms with Crippen molar-refractivity contribution in [3.8, 4) is 11.4 Å². The number of aromatic nitrogens is 4. The highest BCUT2D eigenvalue weighted by molar-refractivity contribution is 7.71. The summed E-state index contributed by atoms with van der Waals surface area (Å²) in [6.07, 6.45) is 6.19. The van der Waals surface area contributed by atoms with Crippen molar-refractivity contribution in [3.63, 3.8) is 0 Å². The predicted molar refractivity (Wildman–Crippen MR) is 100 cm³/mol. The molecule has 1 aliphatic carbocycles. The third-order valence-electron chi connectivity index (χ3n) is 4.59. The smallest absolute Gasteiger partial charge is 0.199 e. The molecule has 2 heterocycles. The Bertz CT molecular complexity index is 897. The molecule has 0 spiro atoms. The molecule has 6 heteroatoms. The Morgan fingerprint density at radius 3 is 2.52 bits per heavy atom. The first kappa shape index (κ1) is 16.2. The minimum atomic E-state index is 0.622. The molecule has 0 bridgehead atoms. The summed E-state index contributed by atoms with van der Waals surface area (Å²) in [5.41, 5.74) is 2.36. The first-order valence-electron chi connectivity index (χ1n) is 8.54. The molecular formula is C19H21N5S. The third-order valence-corrected chi connectivity index (χ3v) is 5.07. The van der Waals surface area contributed by atoms with E-state index >= 15 is 0 Å². The molecule has 1 aliphatic rings. The van der Waals surface area contributed by atoms with Gasteiger partial charge in [0.25, 0.3) is 0 Å². The van der Waals surface area contributed by atoms with E-state index in [1.807, 2.05) is 46.9 Å². The van der Waals surface area contributed by atoms with Crippen molar-refractivity contribution in [2.75, 3.05) is 0 Å². The Morgan fingerprint density at radius 2 is 1.84 bits per heavy atom. The van der Waals surface area contributed by atoms with Crippen LogP contribution in [0.4, 0.5) is 0 Å². The van der Waals surface area contributed by atoms with Gasteiger partial charge in [0.2, 0.25) is 0 Å². The van der Waals surface area contributed by atoms with Gasteiger partial charge in [0.15, 0.2) is 10.6 Å². The average Bonchev–Trinajstić information content (AvgIpc) is 3.46. The number of nitrogens with zero attached hydrogens (tertiary/aromatic N) is 5. The zero-order valence-corrected chi connectivity index (χ0v) is 15.1. The minimum Gasteiger partial charge on any atom is -0.303 e. The van der Waals surface area contributed by atoms with Gasteiger partial charge in [-0.05, 0) is 42.8 Å². The van der Waals surface area contributed by atoms with Crippen molar-refractivity contribution in [3.05, 3.63) is 65.2 Å². The van der Waals surface area contributed by atoms with E-state index in [0.29, 0.717) is 12.7 Å². The Hall–Kier alpha value is -2.31. The van der Waals surface area contributed by atoms with E-state index in [0.717, 1.165) is 22.7 Å². The van der Waals surface area contributed by atoms with Gasteiger partial charge in [-0.1, -0.05) is 30.3 Å². The van der Waals surface area contributed by atoms with Crippen LogP contribution >= 0.6 is 12.2 Å². The summed E-state index contributed by atoms with van der Waals surface area (Å²) in [5.74, 6) is 0.908. The van der Waals surface area contributed by atoms with E-state index in [2.05, 4.69) is 34.1 Å². The average molecular weight is 351 g/mol. The van der Waals surface area contributed by atoms with E-state index in [1.165, 1.54) is 18.4 Å². The van der Waals surface area contributed by atoms with Crippen LogP contribution in [0.1, 0.15) is 18.4 Å². The lowest BCUT2D eigenvalue weighted by molar-refractivity contribution is 0.186. The fraction of sp³-hybridized carbons (Fsp3) is 0.316. The minimum absolute atomic E-state index is 0.622. The lowest BCUT2D eigenvalue weighted by Crippen LogP contribution is -2.29. The second kappa shape index (κ2) is 6.90. The molecule has 3 aromatic rings. The molecule has 1 fully saturated rings. The lowest BCUT2D eigenvalue weighted by Gasteiger charge is -2.21. The van der Waals surface area contributed by atoms with E-state index in [1.54, 1.807) is 0 Å². The largest absolute Gasteiger partial charge is 0.303 e. The van der Waals surface area contributed by atoms with Crippen LogP contribution in [-0.2, 0) is 20.3 Å². The van der Waals surface area contributed by atoms with Gasteiger partial charge < -0.3 is 4.57 Å². The standard InChI is InChI=1S/C19H21N5S/c1-22-18(16-5-3-2-4-6-16)21-24(19(22)25)14-23(17-7-8-17)13-15-9-11-20-12-10-15/h2-6,9-12,17H,7-8,13-14H2,1H3. The molecule has 4 rings (SSSR count). The van der Waals surface area contributed by atoms with Gasteiger partial charge in [0.05, 0.1) is 6.67 Å². The van der Waals surface area contributed by atoms with E-state index < -0.39 is 0 Å². The van der Waals surface area contributed by atoms with Crippen LogP contribution in [0.3, 0.4) is 0 Å². The van der Waals surface area contributed by atoms with Crippen LogP contribution < -0.4 is 0 Å². The lowest BCUT2D eigenvalue weighted by atomic mass is 10.2. The topological polar surface area (TPSA) is 38.9 Å². The normalized spacial score (nSPS) is 14.2. The molecule has 0 aliphatic heterocycles. The highest BCUT2D eigenvalue weighted by atomic mass is 32.1.